The zero-order valence-electron chi connectivity index (χ0n) is 17.6. The number of nitrogens with one attached hydrogen (secondary N) is 1. The molecule has 1 fully saturated rings. The number of unbranched alkanes of at least 4 members (excludes halogenated alkanes) is 1. The molecule has 0 unspecified atom stereocenters. The number of nitrogens with zero attached hydrogens (tertiary/aromatic N) is 6. The smallest absolute Gasteiger partial charge is 0.246 e. The molecule has 2 heterocycles. The van der Waals surface area contributed by atoms with Gasteiger partial charge in [-0.05, 0) is 25.0 Å². The molecule has 1 amide bonds. The predicted molar refractivity (Wildman–Crippen MR) is 117 cm³/mol. The average molecular weight is 398 g/mol. The lowest BCUT2D eigenvalue weighted by Crippen LogP contribution is -2.55. The number of guanidine groups is 1. The summed E-state index contributed by atoms with van der Waals surface area (Å²) in [5.74, 6) is 0.859. The highest BCUT2D eigenvalue weighted by atomic mass is 16.2. The minimum absolute atomic E-state index is 0.0664. The van der Waals surface area contributed by atoms with E-state index in [2.05, 4.69) is 51.6 Å². The van der Waals surface area contributed by atoms with E-state index >= 15 is 0 Å². The van der Waals surface area contributed by atoms with Gasteiger partial charge in [0.25, 0.3) is 0 Å². The minimum atomic E-state index is 0.0664. The number of carbonyl (C=O) groups is 1. The summed E-state index contributed by atoms with van der Waals surface area (Å²) in [5.41, 5.74) is 2.09. The molecule has 29 heavy (non-hydrogen) atoms. The Hall–Kier alpha value is -3.03. The van der Waals surface area contributed by atoms with Crippen molar-refractivity contribution in [3.8, 4) is 0 Å². The summed E-state index contributed by atoms with van der Waals surface area (Å²) in [7, 11) is 5.74. The van der Waals surface area contributed by atoms with E-state index in [-0.39, 0.29) is 5.91 Å². The van der Waals surface area contributed by atoms with Crippen molar-refractivity contribution in [1.29, 1.82) is 0 Å². The molecular formula is C21H31N7O. The van der Waals surface area contributed by atoms with Gasteiger partial charge in [-0.2, -0.15) is 5.10 Å². The van der Waals surface area contributed by atoms with Gasteiger partial charge in [-0.15, -0.1) is 0 Å². The number of hydrogen-bond acceptors (Lipinski definition) is 4. The van der Waals surface area contributed by atoms with Crippen molar-refractivity contribution in [2.75, 3.05) is 56.6 Å². The molecule has 0 saturated carbocycles. The zero-order valence-corrected chi connectivity index (χ0v) is 17.6. The summed E-state index contributed by atoms with van der Waals surface area (Å²) in [6, 6.07) is 10.4. The van der Waals surface area contributed by atoms with E-state index in [0.29, 0.717) is 13.1 Å². The fourth-order valence-electron chi connectivity index (χ4n) is 3.49. The van der Waals surface area contributed by atoms with E-state index < -0.39 is 0 Å². The monoisotopic (exact) mass is 397 g/mol. The third-order valence-corrected chi connectivity index (χ3v) is 5.14. The van der Waals surface area contributed by atoms with Crippen LogP contribution in [0, 0.1) is 0 Å². The van der Waals surface area contributed by atoms with Crippen LogP contribution >= 0.6 is 0 Å². The Morgan fingerprint density at radius 1 is 1.24 bits per heavy atom. The molecule has 0 atom stereocenters. The van der Waals surface area contributed by atoms with Crippen molar-refractivity contribution in [2.45, 2.75) is 12.8 Å². The zero-order chi connectivity index (χ0) is 20.6. The molecule has 3 rings (SSSR count). The van der Waals surface area contributed by atoms with Crippen molar-refractivity contribution < 1.29 is 4.79 Å². The minimum Gasteiger partial charge on any atom is -0.375 e. The standard InChI is InChI=1S/C21H31N7O/c1-22-21(23-11-7-8-12-25(2)18-9-5-4-6-10-18)27-13-14-28(20(29)17-27)19-15-24-26(3)16-19/h4-6,9-10,15-16H,7-8,11-14,17H2,1-3H3,(H,22,23). The number of aliphatic imine (C=N–C) groups is 1. The Morgan fingerprint density at radius 2 is 2.03 bits per heavy atom. The summed E-state index contributed by atoms with van der Waals surface area (Å²) in [5, 5.41) is 7.56. The number of aryl methyl sites for hydroxylation is 1. The highest BCUT2D eigenvalue weighted by Gasteiger charge is 2.27. The Balaban J connectivity index is 1.40. The molecule has 8 heteroatoms. The molecule has 0 bridgehead atoms. The van der Waals surface area contributed by atoms with Crippen LogP contribution in [0.2, 0.25) is 0 Å². The van der Waals surface area contributed by atoms with Crippen LogP contribution in [0.4, 0.5) is 11.4 Å². The van der Waals surface area contributed by atoms with Gasteiger partial charge in [-0.1, -0.05) is 18.2 Å². The van der Waals surface area contributed by atoms with Crippen LogP contribution in [0.25, 0.3) is 0 Å². The van der Waals surface area contributed by atoms with E-state index in [9.17, 15) is 4.79 Å². The fraction of sp³-hybridized carbons (Fsp3) is 0.476. The maximum Gasteiger partial charge on any atom is 0.246 e. The van der Waals surface area contributed by atoms with Crippen LogP contribution in [0.15, 0.2) is 47.7 Å². The molecule has 2 aromatic rings. The van der Waals surface area contributed by atoms with Crippen molar-refractivity contribution in [3.63, 3.8) is 0 Å². The Bertz CT molecular complexity index is 817. The van der Waals surface area contributed by atoms with E-state index in [1.54, 1.807) is 22.8 Å². The Morgan fingerprint density at radius 3 is 2.69 bits per heavy atom. The van der Waals surface area contributed by atoms with Gasteiger partial charge in [0, 0.05) is 59.2 Å². The van der Waals surface area contributed by atoms with Gasteiger partial charge in [0.15, 0.2) is 5.96 Å². The van der Waals surface area contributed by atoms with Gasteiger partial charge in [0.2, 0.25) is 5.91 Å². The van der Waals surface area contributed by atoms with Crippen LogP contribution < -0.4 is 15.1 Å². The van der Waals surface area contributed by atoms with Crippen LogP contribution in [0.5, 0.6) is 0 Å². The van der Waals surface area contributed by atoms with Crippen molar-refractivity contribution in [1.82, 2.24) is 20.0 Å². The van der Waals surface area contributed by atoms with Crippen LogP contribution in [-0.4, -0.2) is 73.4 Å². The molecule has 1 aromatic carbocycles. The molecule has 0 radical (unpaired) electrons. The average Bonchev–Trinajstić information content (AvgIpc) is 3.17. The summed E-state index contributed by atoms with van der Waals surface area (Å²) >= 11 is 0. The van der Waals surface area contributed by atoms with E-state index in [4.69, 9.17) is 0 Å². The van der Waals surface area contributed by atoms with Gasteiger partial charge in [-0.25, -0.2) is 0 Å². The fourth-order valence-corrected chi connectivity index (χ4v) is 3.49. The Labute approximate surface area is 172 Å². The lowest BCUT2D eigenvalue weighted by Gasteiger charge is -2.35. The summed E-state index contributed by atoms with van der Waals surface area (Å²) in [6.45, 7) is 3.55. The third kappa shape index (κ3) is 5.49. The second-order valence-electron chi connectivity index (χ2n) is 7.28. The topological polar surface area (TPSA) is 69.0 Å². The number of carbonyl (C=O) groups excluding carboxylic acids is 1. The highest BCUT2D eigenvalue weighted by molar-refractivity contribution is 5.98. The molecule has 1 aliphatic heterocycles. The van der Waals surface area contributed by atoms with Crippen LogP contribution in [-0.2, 0) is 11.8 Å². The number of piperazine rings is 1. The second kappa shape index (κ2) is 9.95. The quantitative estimate of drug-likeness (QED) is 0.436. The molecular weight excluding hydrogens is 366 g/mol. The van der Waals surface area contributed by atoms with Crippen molar-refractivity contribution in [3.05, 3.63) is 42.7 Å². The first-order chi connectivity index (χ1) is 14.1. The maximum atomic E-state index is 12.6. The molecule has 156 valence electrons. The summed E-state index contributed by atoms with van der Waals surface area (Å²) in [4.78, 5) is 23.0. The van der Waals surface area contributed by atoms with Gasteiger partial charge >= 0.3 is 0 Å². The van der Waals surface area contributed by atoms with Gasteiger partial charge in [0.1, 0.15) is 6.54 Å². The molecule has 1 saturated heterocycles. The number of anilines is 2. The first-order valence-corrected chi connectivity index (χ1v) is 10.1. The maximum absolute atomic E-state index is 12.6. The second-order valence-corrected chi connectivity index (χ2v) is 7.28. The lowest BCUT2D eigenvalue weighted by atomic mass is 10.2. The van der Waals surface area contributed by atoms with Crippen molar-refractivity contribution >= 4 is 23.2 Å². The van der Waals surface area contributed by atoms with Crippen LogP contribution in [0.3, 0.4) is 0 Å². The van der Waals surface area contributed by atoms with Gasteiger partial charge < -0.3 is 20.0 Å². The number of benzene rings is 1. The highest BCUT2D eigenvalue weighted by Crippen LogP contribution is 2.16. The first kappa shape index (κ1) is 20.7. The summed E-state index contributed by atoms with van der Waals surface area (Å²) in [6.07, 6.45) is 5.73. The van der Waals surface area contributed by atoms with E-state index in [0.717, 1.165) is 44.1 Å². The lowest BCUT2D eigenvalue weighted by molar-refractivity contribution is -0.120. The molecule has 1 aromatic heterocycles. The third-order valence-electron chi connectivity index (χ3n) is 5.14. The summed E-state index contributed by atoms with van der Waals surface area (Å²) < 4.78 is 1.71. The number of rotatable bonds is 7. The SMILES string of the molecule is CN=C(NCCCCN(C)c1ccccc1)N1CCN(c2cnn(C)c2)C(=O)C1. The molecule has 0 spiro atoms. The normalized spacial score (nSPS) is 15.0. The van der Waals surface area contributed by atoms with Crippen molar-refractivity contribution in [2.24, 2.45) is 12.0 Å². The van der Waals surface area contributed by atoms with E-state index in [1.165, 1.54) is 5.69 Å². The number of para-hydroxylation sites is 1. The van der Waals surface area contributed by atoms with E-state index in [1.807, 2.05) is 24.2 Å². The number of amides is 1. The largest absolute Gasteiger partial charge is 0.375 e. The first-order valence-electron chi connectivity index (χ1n) is 10.1. The molecule has 8 nitrogen and oxygen atoms in total. The molecule has 0 aliphatic carbocycles. The molecule has 1 N–H and O–H groups in total. The van der Waals surface area contributed by atoms with Crippen LogP contribution in [0.1, 0.15) is 12.8 Å². The van der Waals surface area contributed by atoms with Gasteiger partial charge in [-0.3, -0.25) is 14.5 Å². The Kier molecular flexibility index (Phi) is 7.10. The molecule has 1 aliphatic rings. The van der Waals surface area contributed by atoms with Gasteiger partial charge in [0.05, 0.1) is 11.9 Å². The number of aromatic nitrogens is 2. The number of hydrogen-bond donors (Lipinski definition) is 1. The predicted octanol–water partition coefficient (Wildman–Crippen LogP) is 1.56.